The fourth-order valence-corrected chi connectivity index (χ4v) is 3.57. The van der Waals surface area contributed by atoms with Crippen molar-refractivity contribution in [3.8, 4) is 0 Å². The summed E-state index contributed by atoms with van der Waals surface area (Å²) < 4.78 is 5.69. The van der Waals surface area contributed by atoms with Crippen LogP contribution in [-0.2, 0) is 9.53 Å². The number of rotatable bonds is 4. The zero-order valence-corrected chi connectivity index (χ0v) is 12.7. The summed E-state index contributed by atoms with van der Waals surface area (Å²) in [5.41, 5.74) is 5.23. The summed E-state index contributed by atoms with van der Waals surface area (Å²) in [4.78, 5) is 14.7. The largest absolute Gasteiger partial charge is 0.392 e. The summed E-state index contributed by atoms with van der Waals surface area (Å²) >= 11 is 5.13. The lowest BCUT2D eigenvalue weighted by molar-refractivity contribution is -0.145. The monoisotopic (exact) mass is 284 g/mol. The molecule has 1 saturated carbocycles. The Bertz CT molecular complexity index is 360. The standard InChI is InChI=1S/C14H24N2O2S/c1-10-7-14(8-10,12(15)19)13(17)16(2)9-11-5-3-4-6-18-11/h10-11H,3-9H2,1-2H3,(H2,15,19). The number of hydrogen-bond acceptors (Lipinski definition) is 3. The molecule has 4 nitrogen and oxygen atoms in total. The molecule has 2 N–H and O–H groups in total. The Labute approximate surface area is 120 Å². The van der Waals surface area contributed by atoms with Crippen LogP contribution in [0, 0.1) is 11.3 Å². The SMILES string of the molecule is CC1CC(C(=O)N(C)CC2CCCCO2)(C(N)=S)C1. The summed E-state index contributed by atoms with van der Waals surface area (Å²) in [6, 6.07) is 0. The number of nitrogens with zero attached hydrogens (tertiary/aromatic N) is 1. The van der Waals surface area contributed by atoms with Crippen molar-refractivity contribution in [2.45, 2.75) is 45.1 Å². The summed E-state index contributed by atoms with van der Waals surface area (Å²) in [6.07, 6.45) is 5.10. The van der Waals surface area contributed by atoms with Gasteiger partial charge in [-0.2, -0.15) is 0 Å². The highest BCUT2D eigenvalue weighted by atomic mass is 32.1. The Morgan fingerprint density at radius 2 is 2.16 bits per heavy atom. The second-order valence-corrected chi connectivity index (χ2v) is 6.57. The van der Waals surface area contributed by atoms with E-state index in [2.05, 4.69) is 6.92 Å². The summed E-state index contributed by atoms with van der Waals surface area (Å²) in [7, 11) is 1.84. The second-order valence-electron chi connectivity index (χ2n) is 6.13. The van der Waals surface area contributed by atoms with Gasteiger partial charge in [-0.05, 0) is 38.0 Å². The lowest BCUT2D eigenvalue weighted by Crippen LogP contribution is -2.57. The first-order chi connectivity index (χ1) is 8.95. The molecule has 2 rings (SSSR count). The first-order valence-electron chi connectivity index (χ1n) is 7.13. The third-order valence-corrected chi connectivity index (χ3v) is 4.76. The van der Waals surface area contributed by atoms with Gasteiger partial charge in [0.25, 0.3) is 0 Å². The molecule has 108 valence electrons. The Balaban J connectivity index is 1.95. The van der Waals surface area contributed by atoms with Gasteiger partial charge in [0.15, 0.2) is 0 Å². The van der Waals surface area contributed by atoms with Crippen LogP contribution in [0.5, 0.6) is 0 Å². The number of hydrogen-bond donors (Lipinski definition) is 1. The first kappa shape index (κ1) is 14.7. The molecule has 0 spiro atoms. The van der Waals surface area contributed by atoms with Gasteiger partial charge in [-0.1, -0.05) is 19.1 Å². The van der Waals surface area contributed by atoms with E-state index in [0.29, 0.717) is 17.5 Å². The lowest BCUT2D eigenvalue weighted by atomic mass is 9.61. The van der Waals surface area contributed by atoms with Crippen LogP contribution in [0.2, 0.25) is 0 Å². The molecule has 1 saturated heterocycles. The van der Waals surface area contributed by atoms with E-state index in [1.165, 1.54) is 6.42 Å². The minimum Gasteiger partial charge on any atom is -0.392 e. The predicted octanol–water partition coefficient (Wildman–Crippen LogP) is 1.72. The van der Waals surface area contributed by atoms with E-state index in [9.17, 15) is 4.79 Å². The van der Waals surface area contributed by atoms with Gasteiger partial charge in [-0.3, -0.25) is 4.79 Å². The van der Waals surface area contributed by atoms with E-state index in [1.54, 1.807) is 4.90 Å². The minimum atomic E-state index is -0.585. The quantitative estimate of drug-likeness (QED) is 0.799. The highest BCUT2D eigenvalue weighted by Crippen LogP contribution is 2.47. The molecule has 2 aliphatic rings. The topological polar surface area (TPSA) is 55.6 Å². The Morgan fingerprint density at radius 3 is 2.63 bits per heavy atom. The second kappa shape index (κ2) is 5.75. The molecule has 0 aromatic heterocycles. The van der Waals surface area contributed by atoms with Crippen LogP contribution in [-0.4, -0.2) is 42.1 Å². The van der Waals surface area contributed by atoms with Crippen molar-refractivity contribution in [3.05, 3.63) is 0 Å². The van der Waals surface area contributed by atoms with Crippen molar-refractivity contribution in [2.75, 3.05) is 20.2 Å². The highest BCUT2D eigenvalue weighted by Gasteiger charge is 2.52. The zero-order valence-electron chi connectivity index (χ0n) is 11.9. The third-order valence-electron chi connectivity index (χ3n) is 4.37. The number of amides is 1. The molecule has 5 heteroatoms. The van der Waals surface area contributed by atoms with Crippen LogP contribution >= 0.6 is 12.2 Å². The molecular weight excluding hydrogens is 260 g/mol. The summed E-state index contributed by atoms with van der Waals surface area (Å²) in [6.45, 7) is 3.59. The molecule has 19 heavy (non-hydrogen) atoms. The molecule has 0 aromatic carbocycles. The van der Waals surface area contributed by atoms with E-state index in [4.69, 9.17) is 22.7 Å². The van der Waals surface area contributed by atoms with Crippen LogP contribution in [0.15, 0.2) is 0 Å². The molecule has 1 amide bonds. The molecular formula is C14H24N2O2S. The Kier molecular flexibility index (Phi) is 4.46. The molecule has 0 aromatic rings. The van der Waals surface area contributed by atoms with Gasteiger partial charge in [0, 0.05) is 20.2 Å². The predicted molar refractivity (Wildman–Crippen MR) is 78.8 cm³/mol. The Morgan fingerprint density at radius 1 is 1.47 bits per heavy atom. The smallest absolute Gasteiger partial charge is 0.235 e. The zero-order chi connectivity index (χ0) is 14.0. The van der Waals surface area contributed by atoms with Crippen LogP contribution in [0.1, 0.15) is 39.0 Å². The van der Waals surface area contributed by atoms with E-state index in [1.807, 2.05) is 7.05 Å². The first-order valence-corrected chi connectivity index (χ1v) is 7.53. The normalized spacial score (nSPS) is 34.4. The Hall–Kier alpha value is -0.680. The van der Waals surface area contributed by atoms with Crippen LogP contribution in [0.3, 0.4) is 0 Å². The van der Waals surface area contributed by atoms with E-state index < -0.39 is 5.41 Å². The van der Waals surface area contributed by atoms with Crippen molar-refractivity contribution < 1.29 is 9.53 Å². The van der Waals surface area contributed by atoms with Gasteiger partial charge in [-0.15, -0.1) is 0 Å². The molecule has 1 aliphatic carbocycles. The van der Waals surface area contributed by atoms with Crippen LogP contribution in [0.4, 0.5) is 0 Å². The van der Waals surface area contributed by atoms with Gasteiger partial charge >= 0.3 is 0 Å². The van der Waals surface area contributed by atoms with Crippen LogP contribution < -0.4 is 5.73 Å². The number of ether oxygens (including phenoxy) is 1. The number of nitrogens with two attached hydrogens (primary N) is 1. The van der Waals surface area contributed by atoms with Crippen LogP contribution in [0.25, 0.3) is 0 Å². The number of thiocarbonyl (C=S) groups is 1. The molecule has 1 atom stereocenters. The molecule has 1 unspecified atom stereocenters. The number of likely N-dealkylation sites (N-methyl/N-ethyl adjacent to an activating group) is 1. The van der Waals surface area contributed by atoms with Crippen molar-refractivity contribution >= 4 is 23.1 Å². The molecule has 1 aliphatic heterocycles. The average molecular weight is 284 g/mol. The van der Waals surface area contributed by atoms with Gasteiger partial charge < -0.3 is 15.4 Å². The van der Waals surface area contributed by atoms with E-state index in [-0.39, 0.29) is 12.0 Å². The van der Waals surface area contributed by atoms with Gasteiger partial charge in [0.05, 0.1) is 16.5 Å². The summed E-state index contributed by atoms with van der Waals surface area (Å²) in [5, 5.41) is 0. The molecule has 1 heterocycles. The van der Waals surface area contributed by atoms with E-state index >= 15 is 0 Å². The number of carbonyl (C=O) groups is 1. The van der Waals surface area contributed by atoms with Gasteiger partial charge in [0.2, 0.25) is 5.91 Å². The minimum absolute atomic E-state index is 0.0762. The molecule has 2 fully saturated rings. The molecule has 0 radical (unpaired) electrons. The third kappa shape index (κ3) is 2.92. The molecule has 0 bridgehead atoms. The fourth-order valence-electron chi connectivity index (χ4n) is 3.32. The van der Waals surface area contributed by atoms with Gasteiger partial charge in [-0.25, -0.2) is 0 Å². The maximum atomic E-state index is 12.6. The summed E-state index contributed by atoms with van der Waals surface area (Å²) in [5.74, 6) is 0.608. The number of carbonyl (C=O) groups excluding carboxylic acids is 1. The maximum Gasteiger partial charge on any atom is 0.235 e. The van der Waals surface area contributed by atoms with Crippen molar-refractivity contribution in [1.82, 2.24) is 4.90 Å². The lowest BCUT2D eigenvalue weighted by Gasteiger charge is -2.46. The average Bonchev–Trinajstić information content (AvgIpc) is 2.34. The van der Waals surface area contributed by atoms with Crippen molar-refractivity contribution in [1.29, 1.82) is 0 Å². The van der Waals surface area contributed by atoms with Gasteiger partial charge in [0.1, 0.15) is 0 Å². The fraction of sp³-hybridized carbons (Fsp3) is 0.857. The highest BCUT2D eigenvalue weighted by molar-refractivity contribution is 7.80. The van der Waals surface area contributed by atoms with Crippen molar-refractivity contribution in [2.24, 2.45) is 17.1 Å². The van der Waals surface area contributed by atoms with E-state index in [0.717, 1.165) is 32.3 Å². The maximum absolute atomic E-state index is 12.6. The van der Waals surface area contributed by atoms with Crippen molar-refractivity contribution in [3.63, 3.8) is 0 Å².